The van der Waals surface area contributed by atoms with Gasteiger partial charge >= 0.3 is 0 Å². The van der Waals surface area contributed by atoms with E-state index in [9.17, 15) is 4.79 Å². The minimum absolute atomic E-state index is 0.0506. The number of aromatic nitrogens is 2. The van der Waals surface area contributed by atoms with Crippen LogP contribution < -0.4 is 4.90 Å². The molecular weight excluding hydrogens is 378 g/mol. The summed E-state index contributed by atoms with van der Waals surface area (Å²) in [6.45, 7) is 8.67. The van der Waals surface area contributed by atoms with Crippen molar-refractivity contribution in [3.05, 3.63) is 88.2 Å². The maximum absolute atomic E-state index is 13.5. The Morgan fingerprint density at radius 3 is 2.52 bits per heavy atom. The first-order chi connectivity index (χ1) is 13.9. The number of thiazole rings is 1. The average Bonchev–Trinajstić information content (AvgIpc) is 3.16. The summed E-state index contributed by atoms with van der Waals surface area (Å²) in [5, 5.41) is 0.709. The Kier molecular flexibility index (Phi) is 5.16. The van der Waals surface area contributed by atoms with Gasteiger partial charge in [-0.2, -0.15) is 0 Å². The molecule has 2 aromatic carbocycles. The zero-order chi connectivity index (χ0) is 20.5. The monoisotopic (exact) mass is 401 g/mol. The number of nitrogens with zero attached hydrogens (tertiary/aromatic N) is 3. The minimum atomic E-state index is -0.0506. The molecule has 0 aliphatic carbocycles. The highest BCUT2D eigenvalue weighted by atomic mass is 32.1. The first-order valence-corrected chi connectivity index (χ1v) is 10.4. The number of fused-ring (bicyclic) bond motifs is 1. The van der Waals surface area contributed by atoms with Gasteiger partial charge < -0.3 is 0 Å². The molecule has 4 aromatic rings. The van der Waals surface area contributed by atoms with Gasteiger partial charge in [0, 0.05) is 18.0 Å². The van der Waals surface area contributed by atoms with Gasteiger partial charge in [-0.3, -0.25) is 14.7 Å². The molecule has 0 aliphatic heterocycles. The molecule has 2 aromatic heterocycles. The predicted octanol–water partition coefficient (Wildman–Crippen LogP) is 5.77. The molecule has 0 radical (unpaired) electrons. The number of rotatable bonds is 4. The summed E-state index contributed by atoms with van der Waals surface area (Å²) in [5.74, 6) is -0.0506. The van der Waals surface area contributed by atoms with Crippen LogP contribution >= 0.6 is 11.3 Å². The van der Waals surface area contributed by atoms with E-state index in [1.54, 1.807) is 28.6 Å². The second-order valence-corrected chi connectivity index (χ2v) is 8.41. The van der Waals surface area contributed by atoms with Gasteiger partial charge in [-0.15, -0.1) is 0 Å². The maximum Gasteiger partial charge on any atom is 0.260 e. The smallest absolute Gasteiger partial charge is 0.260 e. The lowest BCUT2D eigenvalue weighted by Gasteiger charge is -2.20. The number of aryl methyl sites for hydroxylation is 4. The molecular formula is C24H23N3OS. The van der Waals surface area contributed by atoms with E-state index in [1.165, 1.54) is 11.1 Å². The lowest BCUT2D eigenvalue weighted by atomic mass is 10.1. The van der Waals surface area contributed by atoms with Gasteiger partial charge in [0.05, 0.1) is 16.8 Å². The van der Waals surface area contributed by atoms with E-state index in [4.69, 9.17) is 4.98 Å². The van der Waals surface area contributed by atoms with Crippen LogP contribution in [0.1, 0.15) is 38.2 Å². The lowest BCUT2D eigenvalue weighted by Crippen LogP contribution is -2.30. The molecule has 0 saturated heterocycles. The number of benzene rings is 2. The number of pyridine rings is 1. The van der Waals surface area contributed by atoms with E-state index in [2.05, 4.69) is 37.9 Å². The van der Waals surface area contributed by atoms with Gasteiger partial charge in [0.1, 0.15) is 0 Å². The summed E-state index contributed by atoms with van der Waals surface area (Å²) in [6.07, 6.45) is 3.53. The summed E-state index contributed by atoms with van der Waals surface area (Å²) in [5.41, 5.74) is 7.24. The van der Waals surface area contributed by atoms with Crippen molar-refractivity contribution >= 4 is 32.6 Å². The quantitative estimate of drug-likeness (QED) is 0.436. The van der Waals surface area contributed by atoms with Gasteiger partial charge in [0.2, 0.25) is 0 Å². The van der Waals surface area contributed by atoms with Crippen LogP contribution in [0.15, 0.2) is 54.9 Å². The van der Waals surface area contributed by atoms with E-state index < -0.39 is 0 Å². The van der Waals surface area contributed by atoms with Crippen molar-refractivity contribution in [2.24, 2.45) is 0 Å². The van der Waals surface area contributed by atoms with Crippen molar-refractivity contribution in [2.75, 3.05) is 4.90 Å². The Morgan fingerprint density at radius 1 is 1.00 bits per heavy atom. The molecule has 0 atom stereocenters. The van der Waals surface area contributed by atoms with Gasteiger partial charge in [-0.1, -0.05) is 29.5 Å². The molecule has 1 amide bonds. The van der Waals surface area contributed by atoms with Crippen molar-refractivity contribution in [1.29, 1.82) is 0 Å². The standard InChI is InChI=1S/C24H23N3OS/c1-15-7-9-20(12-17(15)3)23(28)27(14-19-6-5-11-25-13-19)24-26-22-18(4)16(2)8-10-21(22)29-24/h5-13H,14H2,1-4H3. The summed E-state index contributed by atoms with van der Waals surface area (Å²) in [6, 6.07) is 13.9. The molecule has 4 rings (SSSR count). The van der Waals surface area contributed by atoms with Crippen LogP contribution in [0, 0.1) is 27.7 Å². The molecule has 0 N–H and O–H groups in total. The van der Waals surface area contributed by atoms with Crippen LogP contribution in [0.25, 0.3) is 10.2 Å². The Hall–Kier alpha value is -3.05. The fourth-order valence-corrected chi connectivity index (χ4v) is 4.28. The molecule has 0 unspecified atom stereocenters. The topological polar surface area (TPSA) is 46.1 Å². The molecule has 0 bridgehead atoms. The molecule has 2 heterocycles. The van der Waals surface area contributed by atoms with E-state index >= 15 is 0 Å². The van der Waals surface area contributed by atoms with Gasteiger partial charge in [0.15, 0.2) is 5.13 Å². The molecule has 0 spiro atoms. The third-order valence-electron chi connectivity index (χ3n) is 5.37. The first kappa shape index (κ1) is 19.3. The number of amides is 1. The zero-order valence-electron chi connectivity index (χ0n) is 17.1. The van der Waals surface area contributed by atoms with Crippen LogP contribution in [0.5, 0.6) is 0 Å². The van der Waals surface area contributed by atoms with Crippen LogP contribution in [0.3, 0.4) is 0 Å². The Balaban J connectivity index is 1.80. The Bertz CT molecular complexity index is 1200. The third-order valence-corrected chi connectivity index (χ3v) is 6.41. The minimum Gasteiger partial charge on any atom is -0.279 e. The fraction of sp³-hybridized carbons (Fsp3) is 0.208. The van der Waals surface area contributed by atoms with Crippen molar-refractivity contribution in [3.63, 3.8) is 0 Å². The van der Waals surface area contributed by atoms with Crippen LogP contribution in [-0.2, 0) is 6.54 Å². The maximum atomic E-state index is 13.5. The van der Waals surface area contributed by atoms with Crippen LogP contribution in [0.2, 0.25) is 0 Å². The molecule has 29 heavy (non-hydrogen) atoms. The third kappa shape index (κ3) is 3.78. The fourth-order valence-electron chi connectivity index (χ4n) is 3.26. The zero-order valence-corrected chi connectivity index (χ0v) is 17.9. The van der Waals surface area contributed by atoms with Crippen molar-refractivity contribution in [1.82, 2.24) is 9.97 Å². The number of carbonyl (C=O) groups excluding carboxylic acids is 1. The summed E-state index contributed by atoms with van der Waals surface area (Å²) in [4.78, 5) is 24.3. The summed E-state index contributed by atoms with van der Waals surface area (Å²) >= 11 is 1.55. The average molecular weight is 402 g/mol. The highest BCUT2D eigenvalue weighted by Gasteiger charge is 2.23. The summed E-state index contributed by atoms with van der Waals surface area (Å²) < 4.78 is 1.09. The highest BCUT2D eigenvalue weighted by Crippen LogP contribution is 2.33. The van der Waals surface area contributed by atoms with E-state index in [0.717, 1.165) is 26.9 Å². The van der Waals surface area contributed by atoms with Crippen molar-refractivity contribution < 1.29 is 4.79 Å². The van der Waals surface area contributed by atoms with Gasteiger partial charge in [-0.05, 0) is 79.8 Å². The van der Waals surface area contributed by atoms with E-state index in [-0.39, 0.29) is 5.91 Å². The molecule has 0 fully saturated rings. The van der Waals surface area contributed by atoms with Gasteiger partial charge in [0.25, 0.3) is 5.91 Å². The normalized spacial score (nSPS) is 11.0. The van der Waals surface area contributed by atoms with Crippen LogP contribution in [0.4, 0.5) is 5.13 Å². The molecule has 5 heteroatoms. The first-order valence-electron chi connectivity index (χ1n) is 9.59. The largest absolute Gasteiger partial charge is 0.279 e. The molecule has 0 aliphatic rings. The SMILES string of the molecule is Cc1ccc(C(=O)N(Cc2cccnc2)c2nc3c(C)c(C)ccc3s2)cc1C. The van der Waals surface area contributed by atoms with E-state index in [0.29, 0.717) is 17.2 Å². The van der Waals surface area contributed by atoms with Crippen molar-refractivity contribution in [3.8, 4) is 0 Å². The second kappa shape index (κ2) is 7.76. The number of carbonyl (C=O) groups is 1. The Labute approximate surface area is 174 Å². The van der Waals surface area contributed by atoms with Gasteiger partial charge in [-0.25, -0.2) is 4.98 Å². The molecule has 146 valence electrons. The highest BCUT2D eigenvalue weighted by molar-refractivity contribution is 7.22. The summed E-state index contributed by atoms with van der Waals surface area (Å²) in [7, 11) is 0. The molecule has 4 nitrogen and oxygen atoms in total. The van der Waals surface area contributed by atoms with Crippen molar-refractivity contribution in [2.45, 2.75) is 34.2 Å². The van der Waals surface area contributed by atoms with E-state index in [1.807, 2.05) is 37.3 Å². The predicted molar refractivity (Wildman–Crippen MR) is 120 cm³/mol. The lowest BCUT2D eigenvalue weighted by molar-refractivity contribution is 0.0985. The number of hydrogen-bond donors (Lipinski definition) is 0. The van der Waals surface area contributed by atoms with Crippen LogP contribution in [-0.4, -0.2) is 15.9 Å². The number of anilines is 1. The second-order valence-electron chi connectivity index (χ2n) is 7.40. The number of hydrogen-bond acceptors (Lipinski definition) is 4. The Morgan fingerprint density at radius 2 is 1.79 bits per heavy atom. The molecule has 0 saturated carbocycles.